The SMILES string of the molecule is N#C/C(=C/c1cccc(C(F)(F)F)c1)C(=O)Nc1ccc([N+](=O)[O-])cc1Cl. The van der Waals surface area contributed by atoms with Crippen LogP contribution in [0.15, 0.2) is 48.0 Å². The normalized spacial score (nSPS) is 11.6. The van der Waals surface area contributed by atoms with E-state index >= 15 is 0 Å². The Hall–Kier alpha value is -3.38. The molecule has 0 radical (unpaired) electrons. The number of nitro groups is 1. The van der Waals surface area contributed by atoms with Crippen LogP contribution >= 0.6 is 11.6 Å². The van der Waals surface area contributed by atoms with Gasteiger partial charge in [0, 0.05) is 12.1 Å². The lowest BCUT2D eigenvalue weighted by atomic mass is 10.1. The van der Waals surface area contributed by atoms with Crippen molar-refractivity contribution in [1.82, 2.24) is 0 Å². The summed E-state index contributed by atoms with van der Waals surface area (Å²) in [7, 11) is 0. The van der Waals surface area contributed by atoms with Gasteiger partial charge in [-0.05, 0) is 29.8 Å². The summed E-state index contributed by atoms with van der Waals surface area (Å²) < 4.78 is 38.2. The molecule has 0 heterocycles. The van der Waals surface area contributed by atoms with Crippen LogP contribution in [0.25, 0.3) is 6.08 Å². The maximum Gasteiger partial charge on any atom is 0.416 e. The van der Waals surface area contributed by atoms with Gasteiger partial charge in [0.2, 0.25) is 0 Å². The average Bonchev–Trinajstić information content (AvgIpc) is 2.60. The highest BCUT2D eigenvalue weighted by molar-refractivity contribution is 6.34. The van der Waals surface area contributed by atoms with Crippen LogP contribution < -0.4 is 5.32 Å². The number of alkyl halides is 3. The number of anilines is 1. The number of hydrogen-bond acceptors (Lipinski definition) is 4. The molecular formula is C17H9ClF3N3O3. The number of hydrogen-bond donors (Lipinski definition) is 1. The van der Waals surface area contributed by atoms with Crippen LogP contribution in [0.3, 0.4) is 0 Å². The third-order valence-corrected chi connectivity index (χ3v) is 3.61. The van der Waals surface area contributed by atoms with E-state index in [1.165, 1.54) is 12.1 Å². The molecule has 0 saturated heterocycles. The molecule has 0 aliphatic carbocycles. The molecule has 10 heteroatoms. The molecule has 2 aromatic rings. The second-order valence-corrected chi connectivity index (χ2v) is 5.58. The lowest BCUT2D eigenvalue weighted by Crippen LogP contribution is -2.14. The number of nitriles is 1. The van der Waals surface area contributed by atoms with Crippen molar-refractivity contribution < 1.29 is 22.9 Å². The van der Waals surface area contributed by atoms with Crippen LogP contribution in [-0.2, 0) is 11.0 Å². The molecule has 0 saturated carbocycles. The van der Waals surface area contributed by atoms with E-state index in [1.807, 2.05) is 0 Å². The van der Waals surface area contributed by atoms with Gasteiger partial charge in [-0.3, -0.25) is 14.9 Å². The molecule has 0 atom stereocenters. The van der Waals surface area contributed by atoms with E-state index in [0.717, 1.165) is 36.4 Å². The number of carbonyl (C=O) groups is 1. The first kappa shape index (κ1) is 19.9. The van der Waals surface area contributed by atoms with Crippen molar-refractivity contribution in [3.05, 3.63) is 74.3 Å². The van der Waals surface area contributed by atoms with Crippen LogP contribution in [0, 0.1) is 21.4 Å². The summed E-state index contributed by atoms with van der Waals surface area (Å²) in [4.78, 5) is 22.2. The standard InChI is InChI=1S/C17H9ClF3N3O3/c18-14-8-13(24(26)27)4-5-15(14)23-16(25)11(9-22)6-10-2-1-3-12(7-10)17(19,20)21/h1-8H,(H,23,25)/b11-6-. The van der Waals surface area contributed by atoms with Crippen LogP contribution in [0.5, 0.6) is 0 Å². The molecule has 138 valence electrons. The Balaban J connectivity index is 2.28. The number of benzene rings is 2. The summed E-state index contributed by atoms with van der Waals surface area (Å²) >= 11 is 5.85. The lowest BCUT2D eigenvalue weighted by molar-refractivity contribution is -0.384. The first-order valence-corrected chi connectivity index (χ1v) is 7.54. The van der Waals surface area contributed by atoms with E-state index in [0.29, 0.717) is 0 Å². The molecule has 0 aromatic heterocycles. The molecular weight excluding hydrogens is 387 g/mol. The van der Waals surface area contributed by atoms with Crippen LogP contribution in [0.1, 0.15) is 11.1 Å². The van der Waals surface area contributed by atoms with Crippen molar-refractivity contribution in [2.24, 2.45) is 0 Å². The highest BCUT2D eigenvalue weighted by atomic mass is 35.5. The third kappa shape index (κ3) is 5.05. The average molecular weight is 396 g/mol. The molecule has 2 rings (SSSR count). The van der Waals surface area contributed by atoms with Crippen molar-refractivity contribution in [1.29, 1.82) is 5.26 Å². The Bertz CT molecular complexity index is 981. The number of rotatable bonds is 4. The smallest absolute Gasteiger partial charge is 0.320 e. The Kier molecular flexibility index (Phi) is 5.82. The number of nitrogens with zero attached hydrogens (tertiary/aromatic N) is 2. The summed E-state index contributed by atoms with van der Waals surface area (Å²) in [6.45, 7) is 0. The second kappa shape index (κ2) is 7.88. The zero-order chi connectivity index (χ0) is 20.2. The van der Waals surface area contributed by atoms with Crippen molar-refractivity contribution in [3.63, 3.8) is 0 Å². The summed E-state index contributed by atoms with van der Waals surface area (Å²) in [5.41, 5.74) is -1.67. The molecule has 0 spiro atoms. The van der Waals surface area contributed by atoms with E-state index in [4.69, 9.17) is 16.9 Å². The third-order valence-electron chi connectivity index (χ3n) is 3.30. The number of amides is 1. The molecule has 0 aliphatic heterocycles. The van der Waals surface area contributed by atoms with E-state index < -0.39 is 28.1 Å². The Morgan fingerprint density at radius 1 is 1.26 bits per heavy atom. The predicted molar refractivity (Wildman–Crippen MR) is 91.8 cm³/mol. The maximum absolute atomic E-state index is 12.7. The number of nitro benzene ring substituents is 1. The summed E-state index contributed by atoms with van der Waals surface area (Å²) in [5.74, 6) is -0.925. The van der Waals surface area contributed by atoms with Crippen molar-refractivity contribution in [2.45, 2.75) is 6.18 Å². The van der Waals surface area contributed by atoms with Gasteiger partial charge in [0.05, 0.1) is 21.2 Å². The molecule has 0 unspecified atom stereocenters. The molecule has 1 amide bonds. The van der Waals surface area contributed by atoms with Gasteiger partial charge in [0.15, 0.2) is 0 Å². The highest BCUT2D eigenvalue weighted by Gasteiger charge is 2.30. The highest BCUT2D eigenvalue weighted by Crippen LogP contribution is 2.30. The Labute approximate surface area is 155 Å². The molecule has 2 aromatic carbocycles. The maximum atomic E-state index is 12.7. The quantitative estimate of drug-likeness (QED) is 0.347. The Morgan fingerprint density at radius 3 is 2.52 bits per heavy atom. The first-order valence-electron chi connectivity index (χ1n) is 7.16. The molecule has 27 heavy (non-hydrogen) atoms. The van der Waals surface area contributed by atoms with E-state index in [2.05, 4.69) is 5.32 Å². The van der Waals surface area contributed by atoms with E-state index in [9.17, 15) is 28.1 Å². The monoisotopic (exact) mass is 395 g/mol. The van der Waals surface area contributed by atoms with Gasteiger partial charge in [0.25, 0.3) is 11.6 Å². The zero-order valence-electron chi connectivity index (χ0n) is 13.2. The van der Waals surface area contributed by atoms with Crippen LogP contribution in [0.2, 0.25) is 5.02 Å². The predicted octanol–water partition coefficient (Wildman–Crippen LogP) is 4.81. The minimum Gasteiger partial charge on any atom is -0.320 e. The fourth-order valence-electron chi connectivity index (χ4n) is 2.03. The number of non-ortho nitro benzene ring substituents is 1. The minimum absolute atomic E-state index is 0.00585. The molecule has 0 bridgehead atoms. The van der Waals surface area contributed by atoms with Crippen molar-refractivity contribution in [2.75, 3.05) is 5.32 Å². The number of carbonyl (C=O) groups excluding carboxylic acids is 1. The number of nitrogens with one attached hydrogen (secondary N) is 1. The molecule has 6 nitrogen and oxygen atoms in total. The van der Waals surface area contributed by atoms with Gasteiger partial charge >= 0.3 is 6.18 Å². The van der Waals surface area contributed by atoms with E-state index in [1.54, 1.807) is 6.07 Å². The first-order chi connectivity index (χ1) is 12.6. The Morgan fingerprint density at radius 2 is 1.96 bits per heavy atom. The molecule has 0 aliphatic rings. The van der Waals surface area contributed by atoms with Gasteiger partial charge in [-0.1, -0.05) is 23.7 Å². The summed E-state index contributed by atoms with van der Waals surface area (Å²) in [6, 6.07) is 9.00. The van der Waals surface area contributed by atoms with Crippen molar-refractivity contribution >= 4 is 35.0 Å². The van der Waals surface area contributed by atoms with Crippen LogP contribution in [-0.4, -0.2) is 10.8 Å². The lowest BCUT2D eigenvalue weighted by Gasteiger charge is -2.08. The molecule has 1 N–H and O–H groups in total. The fraction of sp³-hybridized carbons (Fsp3) is 0.0588. The van der Waals surface area contributed by atoms with Gasteiger partial charge in [-0.2, -0.15) is 18.4 Å². The van der Waals surface area contributed by atoms with Gasteiger partial charge in [0.1, 0.15) is 11.6 Å². The van der Waals surface area contributed by atoms with Crippen molar-refractivity contribution in [3.8, 4) is 6.07 Å². The number of halogens is 4. The van der Waals surface area contributed by atoms with E-state index in [-0.39, 0.29) is 22.0 Å². The summed E-state index contributed by atoms with van der Waals surface area (Å²) in [6.07, 6.45) is -3.57. The topological polar surface area (TPSA) is 96.0 Å². The zero-order valence-corrected chi connectivity index (χ0v) is 14.0. The largest absolute Gasteiger partial charge is 0.416 e. The van der Waals surface area contributed by atoms with Gasteiger partial charge < -0.3 is 5.32 Å². The van der Waals surface area contributed by atoms with Crippen LogP contribution in [0.4, 0.5) is 24.5 Å². The minimum atomic E-state index is -4.56. The fourth-order valence-corrected chi connectivity index (χ4v) is 2.25. The van der Waals surface area contributed by atoms with Gasteiger partial charge in [-0.25, -0.2) is 0 Å². The van der Waals surface area contributed by atoms with Gasteiger partial charge in [-0.15, -0.1) is 0 Å². The second-order valence-electron chi connectivity index (χ2n) is 5.17. The molecule has 0 fully saturated rings. The summed E-state index contributed by atoms with van der Waals surface area (Å²) in [5, 5.41) is 22.0.